The molecule has 9 heteroatoms. The molecule has 152 valence electrons. The molecule has 28 heavy (non-hydrogen) atoms. The van der Waals surface area contributed by atoms with Crippen molar-refractivity contribution < 1.29 is 24.6 Å². The molecule has 1 saturated heterocycles. The highest BCUT2D eigenvalue weighted by atomic mass is 35.5. The van der Waals surface area contributed by atoms with Crippen LogP contribution in [-0.4, -0.2) is 47.7 Å². The first-order valence-corrected chi connectivity index (χ1v) is 9.66. The van der Waals surface area contributed by atoms with Gasteiger partial charge in [0.2, 0.25) is 5.91 Å². The number of carbonyl (C=O) groups excluding carboxylic acids is 1. The molecule has 7 nitrogen and oxygen atoms in total. The molecule has 1 heterocycles. The molecule has 1 aliphatic heterocycles. The van der Waals surface area contributed by atoms with Crippen molar-refractivity contribution in [3.8, 4) is 0 Å². The number of rotatable bonds is 7. The Hall–Kier alpha value is -2.09. The maximum atomic E-state index is 13.5. The SMILES string of the molecule is CCN(C(=O)C(/C(=C\C(=O)O)C(=O)O)C1CCNCC1)c1ccc(Cl)cc1Cl. The minimum atomic E-state index is -1.42. The zero-order chi connectivity index (χ0) is 20.8. The molecule has 1 aromatic carbocycles. The van der Waals surface area contributed by atoms with Gasteiger partial charge in [-0.15, -0.1) is 0 Å². The monoisotopic (exact) mass is 428 g/mol. The molecule has 0 aromatic heterocycles. The van der Waals surface area contributed by atoms with Gasteiger partial charge in [-0.1, -0.05) is 23.2 Å². The Bertz CT molecular complexity index is 791. The van der Waals surface area contributed by atoms with Crippen molar-refractivity contribution in [1.82, 2.24) is 5.32 Å². The van der Waals surface area contributed by atoms with E-state index in [0.29, 0.717) is 42.7 Å². The second kappa shape index (κ2) is 9.91. The maximum absolute atomic E-state index is 13.5. The number of benzene rings is 1. The first kappa shape index (κ1) is 22.2. The first-order valence-electron chi connectivity index (χ1n) is 8.91. The van der Waals surface area contributed by atoms with Gasteiger partial charge in [-0.05, 0) is 57.0 Å². The number of aliphatic carboxylic acids is 2. The lowest BCUT2D eigenvalue weighted by Gasteiger charge is -2.34. The van der Waals surface area contributed by atoms with E-state index < -0.39 is 29.3 Å². The molecule has 1 fully saturated rings. The van der Waals surface area contributed by atoms with E-state index in [1.807, 2.05) is 0 Å². The number of halogens is 2. The summed E-state index contributed by atoms with van der Waals surface area (Å²) < 4.78 is 0. The van der Waals surface area contributed by atoms with Gasteiger partial charge in [0, 0.05) is 17.6 Å². The Morgan fingerprint density at radius 2 is 1.89 bits per heavy atom. The lowest BCUT2D eigenvalue weighted by molar-refractivity contribution is -0.137. The average Bonchev–Trinajstić information content (AvgIpc) is 2.64. The molecule has 2 rings (SSSR count). The topological polar surface area (TPSA) is 107 Å². The van der Waals surface area contributed by atoms with E-state index in [1.165, 1.54) is 11.0 Å². The molecule has 1 atom stereocenters. The van der Waals surface area contributed by atoms with Crippen molar-refractivity contribution in [3.63, 3.8) is 0 Å². The van der Waals surface area contributed by atoms with Gasteiger partial charge in [-0.25, -0.2) is 9.59 Å². The maximum Gasteiger partial charge on any atom is 0.332 e. The van der Waals surface area contributed by atoms with Crippen LogP contribution in [0.25, 0.3) is 0 Å². The molecule has 0 spiro atoms. The van der Waals surface area contributed by atoms with Crippen molar-refractivity contribution >= 4 is 46.7 Å². The third-order valence-corrected chi connectivity index (χ3v) is 5.30. The van der Waals surface area contributed by atoms with Crippen molar-refractivity contribution in [2.45, 2.75) is 19.8 Å². The number of carbonyl (C=O) groups is 3. The van der Waals surface area contributed by atoms with Crippen LogP contribution in [0.15, 0.2) is 29.8 Å². The van der Waals surface area contributed by atoms with E-state index in [2.05, 4.69) is 5.32 Å². The van der Waals surface area contributed by atoms with E-state index in [-0.39, 0.29) is 17.5 Å². The Morgan fingerprint density at radius 1 is 1.25 bits per heavy atom. The van der Waals surface area contributed by atoms with Gasteiger partial charge in [0.25, 0.3) is 0 Å². The number of nitrogens with one attached hydrogen (secondary N) is 1. The minimum Gasteiger partial charge on any atom is -0.478 e. The molecule has 1 aromatic rings. The van der Waals surface area contributed by atoms with E-state index in [9.17, 15) is 19.5 Å². The van der Waals surface area contributed by atoms with Crippen LogP contribution in [0.3, 0.4) is 0 Å². The van der Waals surface area contributed by atoms with E-state index in [0.717, 1.165) is 0 Å². The third-order valence-electron chi connectivity index (χ3n) is 4.77. The highest BCUT2D eigenvalue weighted by molar-refractivity contribution is 6.36. The zero-order valence-electron chi connectivity index (χ0n) is 15.3. The predicted octanol–water partition coefficient (Wildman–Crippen LogP) is 3.06. The predicted molar refractivity (Wildman–Crippen MR) is 107 cm³/mol. The normalized spacial score (nSPS) is 16.5. The zero-order valence-corrected chi connectivity index (χ0v) is 16.8. The van der Waals surface area contributed by atoms with Gasteiger partial charge in [-0.3, -0.25) is 4.79 Å². The van der Waals surface area contributed by atoms with Gasteiger partial charge >= 0.3 is 11.9 Å². The number of nitrogens with zero attached hydrogens (tertiary/aromatic N) is 1. The van der Waals surface area contributed by atoms with Crippen LogP contribution in [-0.2, 0) is 14.4 Å². The molecule has 1 aliphatic rings. The summed E-state index contributed by atoms with van der Waals surface area (Å²) in [6.45, 7) is 3.23. The third kappa shape index (κ3) is 5.25. The number of carboxylic acid groups (broad SMARTS) is 2. The molecular weight excluding hydrogens is 407 g/mol. The van der Waals surface area contributed by atoms with Gasteiger partial charge in [0.15, 0.2) is 0 Å². The van der Waals surface area contributed by atoms with Gasteiger partial charge in [-0.2, -0.15) is 0 Å². The number of piperidine rings is 1. The quantitative estimate of drug-likeness (QED) is 0.576. The smallest absolute Gasteiger partial charge is 0.332 e. The highest BCUT2D eigenvalue weighted by Crippen LogP contribution is 2.35. The van der Waals surface area contributed by atoms with Crippen molar-refractivity contribution in [2.75, 3.05) is 24.5 Å². The molecular formula is C19H22Cl2N2O5. The van der Waals surface area contributed by atoms with Crippen LogP contribution >= 0.6 is 23.2 Å². The number of carboxylic acids is 2. The second-order valence-corrected chi connectivity index (χ2v) is 7.33. The van der Waals surface area contributed by atoms with Crippen molar-refractivity contribution in [3.05, 3.63) is 39.9 Å². The summed E-state index contributed by atoms with van der Waals surface area (Å²) in [5.74, 6) is -4.71. The van der Waals surface area contributed by atoms with Gasteiger partial charge in [0.1, 0.15) is 0 Å². The lowest BCUT2D eigenvalue weighted by Crippen LogP contribution is -2.44. The van der Waals surface area contributed by atoms with Crippen LogP contribution in [0.4, 0.5) is 5.69 Å². The van der Waals surface area contributed by atoms with E-state index in [1.54, 1.807) is 19.1 Å². The molecule has 1 unspecified atom stereocenters. The van der Waals surface area contributed by atoms with Crippen molar-refractivity contribution in [2.24, 2.45) is 11.8 Å². The molecule has 0 bridgehead atoms. The number of hydrogen-bond acceptors (Lipinski definition) is 4. The Labute approximate surface area is 172 Å². The van der Waals surface area contributed by atoms with Crippen LogP contribution in [0.5, 0.6) is 0 Å². The second-order valence-electron chi connectivity index (χ2n) is 6.49. The number of amides is 1. The number of anilines is 1. The van der Waals surface area contributed by atoms with Crippen LogP contribution in [0, 0.1) is 11.8 Å². The highest BCUT2D eigenvalue weighted by Gasteiger charge is 2.39. The number of hydrogen-bond donors (Lipinski definition) is 3. The van der Waals surface area contributed by atoms with E-state index in [4.69, 9.17) is 28.3 Å². The van der Waals surface area contributed by atoms with E-state index >= 15 is 0 Å². The lowest BCUT2D eigenvalue weighted by atomic mass is 9.78. The summed E-state index contributed by atoms with van der Waals surface area (Å²) in [4.78, 5) is 37.9. The van der Waals surface area contributed by atoms with Crippen LogP contribution in [0.1, 0.15) is 19.8 Å². The standard InChI is InChI=1S/C19H22Cl2N2O5/c1-2-23(15-4-3-12(20)9-14(15)21)18(26)17(11-5-7-22-8-6-11)13(19(27)28)10-16(24)25/h3-4,9-11,17,22H,2,5-8H2,1H3,(H,24,25)(H,27,28)/b13-10+. The molecule has 0 radical (unpaired) electrons. The summed E-state index contributed by atoms with van der Waals surface area (Å²) in [6, 6.07) is 4.68. The fourth-order valence-electron chi connectivity index (χ4n) is 3.50. The summed E-state index contributed by atoms with van der Waals surface area (Å²) in [5, 5.41) is 22.6. The first-order chi connectivity index (χ1) is 13.3. The average molecular weight is 429 g/mol. The van der Waals surface area contributed by atoms with Crippen LogP contribution in [0.2, 0.25) is 10.0 Å². The summed E-state index contributed by atoms with van der Waals surface area (Å²) >= 11 is 12.2. The summed E-state index contributed by atoms with van der Waals surface area (Å²) in [6.07, 6.45) is 1.74. The Balaban J connectivity index is 2.51. The molecule has 0 aliphatic carbocycles. The summed E-state index contributed by atoms with van der Waals surface area (Å²) in [7, 11) is 0. The summed E-state index contributed by atoms with van der Waals surface area (Å²) in [5.41, 5.74) is -0.0227. The molecule has 0 saturated carbocycles. The van der Waals surface area contributed by atoms with Crippen LogP contribution < -0.4 is 10.2 Å². The Kier molecular flexibility index (Phi) is 7.86. The fourth-order valence-corrected chi connectivity index (χ4v) is 4.01. The fraction of sp³-hybridized carbons (Fsp3) is 0.421. The Morgan fingerprint density at radius 3 is 2.39 bits per heavy atom. The minimum absolute atomic E-state index is 0.238. The largest absolute Gasteiger partial charge is 0.478 e. The van der Waals surface area contributed by atoms with Crippen molar-refractivity contribution in [1.29, 1.82) is 0 Å². The molecule has 1 amide bonds. The van der Waals surface area contributed by atoms with Gasteiger partial charge < -0.3 is 20.4 Å². The van der Waals surface area contributed by atoms with Gasteiger partial charge in [0.05, 0.1) is 22.2 Å². The molecule has 3 N–H and O–H groups in total.